The molecule has 0 aromatic carbocycles. The van der Waals surface area contributed by atoms with Crippen LogP contribution in [0.25, 0.3) is 0 Å². The molecule has 0 aromatic heterocycles. The van der Waals surface area contributed by atoms with Crippen LogP contribution in [0.3, 0.4) is 0 Å². The van der Waals surface area contributed by atoms with Crippen LogP contribution in [0.2, 0.25) is 1.41 Å². The Balaban J connectivity index is 1.39. The summed E-state index contributed by atoms with van der Waals surface area (Å²) >= 11 is 0. The van der Waals surface area contributed by atoms with Crippen molar-refractivity contribution in [2.75, 3.05) is 0 Å². The van der Waals surface area contributed by atoms with Crippen molar-refractivity contribution < 1.29 is 30.4 Å². The number of amides is 2. The molecule has 50 heavy (non-hydrogen) atoms. The van der Waals surface area contributed by atoms with Gasteiger partial charge >= 0.3 is 12.1 Å². The molecule has 8 nitrogen and oxygen atoms in total. The predicted octanol–water partition coefficient (Wildman–Crippen LogP) is 8.74. The highest BCUT2D eigenvalue weighted by atomic mass is 16.6. The van der Waals surface area contributed by atoms with E-state index in [1.807, 2.05) is 27.7 Å². The number of alkyl carbamates (subject to hydrolysis) is 1. The number of carbonyl (C=O) groups is 3. The van der Waals surface area contributed by atoms with Crippen molar-refractivity contribution in [3.05, 3.63) is 11.6 Å². The second-order valence-corrected chi connectivity index (χ2v) is 19.5. The molecule has 4 aliphatic rings. The van der Waals surface area contributed by atoms with Gasteiger partial charge in [-0.3, -0.25) is 4.79 Å². The first kappa shape index (κ1) is 39.1. The molecule has 3 saturated carbocycles. The van der Waals surface area contributed by atoms with Crippen LogP contribution in [-0.2, 0) is 19.1 Å². The first-order chi connectivity index (χ1) is 23.5. The molecule has 286 valence electrons. The zero-order valence-electron chi connectivity index (χ0n) is 34.6. The lowest BCUT2D eigenvalue weighted by atomic mass is 9.47. The molecular weight excluding hydrogens is 628 g/mol. The van der Waals surface area contributed by atoms with E-state index < -0.39 is 41.3 Å². The van der Waals surface area contributed by atoms with Crippen molar-refractivity contribution in [3.63, 3.8) is 0 Å². The number of fused-ring (bicyclic) bond motifs is 5. The van der Waals surface area contributed by atoms with Crippen LogP contribution in [0.15, 0.2) is 11.6 Å². The summed E-state index contributed by atoms with van der Waals surface area (Å²) in [5, 5.41) is 13.7. The van der Waals surface area contributed by atoms with Gasteiger partial charge in [-0.25, -0.2) is 9.59 Å². The van der Waals surface area contributed by atoms with E-state index in [9.17, 15) is 19.5 Å². The number of aliphatic hydroxyl groups is 1. The lowest BCUT2D eigenvalue weighted by Crippen LogP contribution is -2.56. The molecule has 0 heterocycles. The Morgan fingerprint density at radius 3 is 2.22 bits per heavy atom. The summed E-state index contributed by atoms with van der Waals surface area (Å²) in [6, 6.07) is -2.02. The number of nitrogens with one attached hydrogen (secondary N) is 2. The average Bonchev–Trinajstić information content (AvgIpc) is 3.35. The molecule has 0 aliphatic heterocycles. The molecule has 0 unspecified atom stereocenters. The van der Waals surface area contributed by atoms with Gasteiger partial charge in [0.15, 0.2) is 1.41 Å². The van der Waals surface area contributed by atoms with Gasteiger partial charge in [0, 0.05) is 6.42 Å². The maximum Gasteiger partial charge on any atom is 0.408 e. The lowest BCUT2D eigenvalue weighted by molar-refractivity contribution is -0.157. The Morgan fingerprint density at radius 2 is 1.62 bits per heavy atom. The zero-order chi connectivity index (χ0) is 38.3. The van der Waals surface area contributed by atoms with Gasteiger partial charge in [0.25, 0.3) is 0 Å². The molecule has 8 heteroatoms. The van der Waals surface area contributed by atoms with Crippen molar-refractivity contribution in [1.29, 1.82) is 0 Å². The quantitative estimate of drug-likeness (QED) is 0.139. The van der Waals surface area contributed by atoms with Gasteiger partial charge < -0.3 is 25.2 Å². The van der Waals surface area contributed by atoms with E-state index in [-0.39, 0.29) is 23.4 Å². The van der Waals surface area contributed by atoms with E-state index in [1.54, 1.807) is 34.6 Å². The molecule has 2 amide bonds. The van der Waals surface area contributed by atoms with Crippen molar-refractivity contribution in [3.8, 4) is 0 Å². The van der Waals surface area contributed by atoms with Crippen molar-refractivity contribution in [2.24, 2.45) is 52.3 Å². The highest BCUT2D eigenvalue weighted by molar-refractivity contribution is 5.90. The molecule has 0 aromatic rings. The summed E-state index contributed by atoms with van der Waals surface area (Å²) in [5.74, 6) is 1.91. The number of carbonyl (C=O) groups excluding carboxylic acids is 3. The van der Waals surface area contributed by atoms with E-state index >= 15 is 0 Å². The molecule has 0 bridgehead atoms. The fourth-order valence-electron chi connectivity index (χ4n) is 10.6. The number of esters is 1. The number of hydrogen-bond donors (Lipinski definition) is 3. The van der Waals surface area contributed by atoms with Gasteiger partial charge in [0.1, 0.15) is 23.8 Å². The Kier molecular flexibility index (Phi) is 12.1. The summed E-state index contributed by atoms with van der Waals surface area (Å²) in [7, 11) is 0. The second-order valence-electron chi connectivity index (χ2n) is 19.5. The summed E-state index contributed by atoms with van der Waals surface area (Å²) < 4.78 is 19.9. The van der Waals surface area contributed by atoms with Crippen LogP contribution in [-0.4, -0.2) is 52.5 Å². The fraction of sp³-hybridized carbons (Fsp3) is 0.881. The maximum atomic E-state index is 13.7. The van der Waals surface area contributed by atoms with Crippen LogP contribution in [0, 0.1) is 52.3 Å². The normalized spacial score (nSPS) is 33.2. The van der Waals surface area contributed by atoms with Crippen molar-refractivity contribution in [2.45, 2.75) is 183 Å². The molecule has 4 aliphatic carbocycles. The molecule has 3 N–H and O–H groups in total. The van der Waals surface area contributed by atoms with E-state index in [1.165, 1.54) is 37.7 Å². The van der Waals surface area contributed by atoms with E-state index in [0.717, 1.165) is 50.4 Å². The Morgan fingerprint density at radius 1 is 0.960 bits per heavy atom. The average molecular weight is 702 g/mol. The minimum absolute atomic E-state index is 0.124. The molecule has 3 fully saturated rings. The number of hydrogen-bond acceptors (Lipinski definition) is 6. The van der Waals surface area contributed by atoms with Crippen LogP contribution in [0.4, 0.5) is 4.79 Å². The smallest absolute Gasteiger partial charge is 0.408 e. The highest BCUT2D eigenvalue weighted by Crippen LogP contribution is 2.67. The van der Waals surface area contributed by atoms with Crippen LogP contribution in [0.5, 0.6) is 0 Å². The molecule has 10 atom stereocenters. The topological polar surface area (TPSA) is 114 Å². The Bertz CT molecular complexity index is 1280. The summed E-state index contributed by atoms with van der Waals surface area (Å²) in [6.07, 6.45) is 13.4. The standard InChI is InChI=1S/C42H72N2O6/c1-25(2)34(44-38(47)50-39(6,7)8)36(45)43-35(26(3)4)37(46)49-29-19-22-41(11)28(24-29)15-16-30-32-18-17-31(42(32,12)23-20-33(30)41)27(5)14-13-21-40(9,10)48/h15,25-27,29-35,48H,13-14,16-24H2,1-12H3,(H,43,45)(H,44,47)/t27-,29+,30+,31-,32+,33+,34-,35+,41+,42-/m1/s1/i/hD. The monoisotopic (exact) mass is 702 g/mol. The highest BCUT2D eigenvalue weighted by Gasteiger charge is 2.59. The third-order valence-corrected chi connectivity index (χ3v) is 13.3. The number of allylic oxidation sites excluding steroid dienone is 1. The van der Waals surface area contributed by atoms with Gasteiger partial charge in [0.05, 0.1) is 5.60 Å². The summed E-state index contributed by atoms with van der Waals surface area (Å²) in [6.45, 7) is 23.8. The van der Waals surface area contributed by atoms with Gasteiger partial charge in [-0.15, -0.1) is 0 Å². The summed E-state index contributed by atoms with van der Waals surface area (Å²) in [4.78, 5) is 39.8. The van der Waals surface area contributed by atoms with Crippen molar-refractivity contribution in [1.82, 2.24) is 10.6 Å². The van der Waals surface area contributed by atoms with Crippen LogP contribution in [0.1, 0.15) is 154 Å². The second kappa shape index (κ2) is 15.5. The molecular formula is C42H72N2O6. The van der Waals surface area contributed by atoms with Gasteiger partial charge in [-0.05, 0) is 138 Å². The van der Waals surface area contributed by atoms with Crippen molar-refractivity contribution >= 4 is 18.0 Å². The molecule has 0 saturated heterocycles. The largest absolute Gasteiger partial charge is 0.461 e. The van der Waals surface area contributed by atoms with Crippen LogP contribution >= 0.6 is 0 Å². The number of rotatable bonds is 12. The lowest BCUT2D eigenvalue weighted by Gasteiger charge is -2.58. The Hall–Kier alpha value is -2.09. The molecule has 0 spiro atoms. The minimum Gasteiger partial charge on any atom is -0.461 e. The van der Waals surface area contributed by atoms with E-state index in [4.69, 9.17) is 10.9 Å². The Labute approximate surface area is 305 Å². The number of ether oxygens (including phenoxy) is 2. The first-order valence-corrected chi connectivity index (χ1v) is 19.9. The molecule has 0 radical (unpaired) electrons. The van der Waals surface area contributed by atoms with Crippen LogP contribution < -0.4 is 10.6 Å². The first-order valence-electron chi connectivity index (χ1n) is 20.4. The van der Waals surface area contributed by atoms with Gasteiger partial charge in [0.2, 0.25) is 5.91 Å². The van der Waals surface area contributed by atoms with E-state index in [0.29, 0.717) is 28.5 Å². The zero-order valence-corrected chi connectivity index (χ0v) is 33.6. The maximum absolute atomic E-state index is 13.7. The van der Waals surface area contributed by atoms with Gasteiger partial charge in [-0.2, -0.15) is 0 Å². The third-order valence-electron chi connectivity index (χ3n) is 13.3. The SMILES string of the molecule is [2H]N(C(=O)OC(C)(C)C)[C@@H](C(=O)N[C@H](C(=O)O[C@H]1CC[C@@]2(C)C(=CC[C@H]3[C@@H]4CC[C@H]([C@H](C)CCCC(C)(C)O)[C@@]4(C)CC[C@@H]32)C1)C(C)C)C(C)C. The summed E-state index contributed by atoms with van der Waals surface area (Å²) in [5.41, 5.74) is 0.561. The van der Waals surface area contributed by atoms with E-state index in [2.05, 4.69) is 32.2 Å². The fourth-order valence-corrected chi connectivity index (χ4v) is 10.6. The van der Waals surface area contributed by atoms with Gasteiger partial charge in [-0.1, -0.05) is 73.0 Å². The molecule has 4 rings (SSSR count). The predicted molar refractivity (Wildman–Crippen MR) is 199 cm³/mol. The minimum atomic E-state index is -1.13. The third kappa shape index (κ3) is 9.28.